The van der Waals surface area contributed by atoms with Crippen molar-refractivity contribution in [1.29, 1.82) is 0 Å². The second-order valence-electron chi connectivity index (χ2n) is 8.17. The standard InChI is InChI=1S/C23H18F3N5O3/c24-23(25,26)16-3-1-2-14-19(16)28-11-29-20(14)27-9-12-4-5-13-10-31(22(34)15(13)8-12)17-6-7-18(32)30-21(17)33/h1-5,8,11,17H,6-7,9-10H2,(H,27,28,29)(H,30,32,33). The molecule has 8 nitrogen and oxygen atoms in total. The summed E-state index contributed by atoms with van der Waals surface area (Å²) in [5.41, 5.74) is 0.899. The van der Waals surface area contributed by atoms with E-state index in [1.807, 2.05) is 0 Å². The highest BCUT2D eigenvalue weighted by Gasteiger charge is 2.39. The molecule has 34 heavy (non-hydrogen) atoms. The van der Waals surface area contributed by atoms with Crippen molar-refractivity contribution in [2.24, 2.45) is 0 Å². The minimum atomic E-state index is -4.54. The van der Waals surface area contributed by atoms with E-state index in [0.717, 1.165) is 23.5 Å². The van der Waals surface area contributed by atoms with E-state index in [0.29, 0.717) is 5.56 Å². The second kappa shape index (κ2) is 8.08. The van der Waals surface area contributed by atoms with Crippen LogP contribution in [0.15, 0.2) is 42.7 Å². The van der Waals surface area contributed by atoms with Gasteiger partial charge in [0.05, 0.1) is 11.1 Å². The highest BCUT2D eigenvalue weighted by atomic mass is 19.4. The number of hydrogen-bond acceptors (Lipinski definition) is 6. The average Bonchev–Trinajstić information content (AvgIpc) is 3.12. The monoisotopic (exact) mass is 469 g/mol. The second-order valence-corrected chi connectivity index (χ2v) is 8.17. The van der Waals surface area contributed by atoms with Crippen LogP contribution in [0.1, 0.15) is 39.9 Å². The Labute approximate surface area is 191 Å². The molecule has 0 saturated carbocycles. The van der Waals surface area contributed by atoms with Gasteiger partial charge in [0.1, 0.15) is 18.2 Å². The van der Waals surface area contributed by atoms with Gasteiger partial charge in [-0.1, -0.05) is 18.2 Å². The topological polar surface area (TPSA) is 104 Å². The maximum absolute atomic E-state index is 13.3. The van der Waals surface area contributed by atoms with E-state index in [9.17, 15) is 27.6 Å². The molecule has 11 heteroatoms. The van der Waals surface area contributed by atoms with Gasteiger partial charge in [-0.2, -0.15) is 13.2 Å². The van der Waals surface area contributed by atoms with Crippen molar-refractivity contribution in [3.8, 4) is 0 Å². The quantitative estimate of drug-likeness (QED) is 0.570. The molecule has 1 atom stereocenters. The number of imide groups is 1. The number of nitrogens with zero attached hydrogens (tertiary/aromatic N) is 3. The largest absolute Gasteiger partial charge is 0.418 e. The minimum Gasteiger partial charge on any atom is -0.365 e. The number of fused-ring (bicyclic) bond motifs is 2. The summed E-state index contributed by atoms with van der Waals surface area (Å²) in [6.07, 6.45) is -3.02. The molecule has 1 saturated heterocycles. The van der Waals surface area contributed by atoms with Crippen LogP contribution in [-0.2, 0) is 28.9 Å². The molecule has 174 valence electrons. The van der Waals surface area contributed by atoms with Crippen molar-refractivity contribution in [3.05, 3.63) is 65.0 Å². The van der Waals surface area contributed by atoms with Gasteiger partial charge in [-0.15, -0.1) is 0 Å². The number of carbonyl (C=O) groups excluding carboxylic acids is 3. The Morgan fingerprint density at radius 2 is 1.94 bits per heavy atom. The van der Waals surface area contributed by atoms with Crippen molar-refractivity contribution in [2.45, 2.75) is 38.1 Å². The SMILES string of the molecule is O=C1CCC(N2Cc3ccc(CNc4ncnc5c(C(F)(F)F)cccc45)cc3C2=O)C(=O)N1. The Morgan fingerprint density at radius 1 is 1.12 bits per heavy atom. The van der Waals surface area contributed by atoms with Crippen LogP contribution in [0.25, 0.3) is 10.9 Å². The van der Waals surface area contributed by atoms with E-state index in [4.69, 9.17) is 0 Å². The van der Waals surface area contributed by atoms with Crippen LogP contribution in [-0.4, -0.2) is 38.6 Å². The van der Waals surface area contributed by atoms with E-state index < -0.39 is 23.7 Å². The molecule has 1 aromatic heterocycles. The molecule has 1 unspecified atom stereocenters. The summed E-state index contributed by atoms with van der Waals surface area (Å²) in [5.74, 6) is -0.881. The Morgan fingerprint density at radius 3 is 2.71 bits per heavy atom. The van der Waals surface area contributed by atoms with Crippen molar-refractivity contribution >= 4 is 34.4 Å². The normalized spacial score (nSPS) is 18.3. The molecule has 2 aromatic carbocycles. The number of hydrogen-bond donors (Lipinski definition) is 2. The maximum atomic E-state index is 13.3. The van der Waals surface area contributed by atoms with Gasteiger partial charge in [-0.3, -0.25) is 19.7 Å². The molecule has 2 N–H and O–H groups in total. The van der Waals surface area contributed by atoms with Crippen LogP contribution in [0.4, 0.5) is 19.0 Å². The van der Waals surface area contributed by atoms with Crippen LogP contribution < -0.4 is 10.6 Å². The molecule has 0 bridgehead atoms. The zero-order valence-corrected chi connectivity index (χ0v) is 17.6. The molecular formula is C23H18F3N5O3. The van der Waals surface area contributed by atoms with Gasteiger partial charge in [0.25, 0.3) is 5.91 Å². The van der Waals surface area contributed by atoms with E-state index in [1.54, 1.807) is 18.2 Å². The maximum Gasteiger partial charge on any atom is 0.418 e. The van der Waals surface area contributed by atoms with Crippen LogP contribution in [0.2, 0.25) is 0 Å². The van der Waals surface area contributed by atoms with E-state index >= 15 is 0 Å². The number of aromatic nitrogens is 2. The summed E-state index contributed by atoms with van der Waals surface area (Å²) in [4.78, 5) is 45.9. The zero-order chi connectivity index (χ0) is 24.0. The summed E-state index contributed by atoms with van der Waals surface area (Å²) in [6.45, 7) is 0.478. The fraction of sp³-hybridized carbons (Fsp3) is 0.261. The number of halogens is 3. The molecule has 0 aliphatic carbocycles. The lowest BCUT2D eigenvalue weighted by atomic mass is 10.0. The predicted octanol–water partition coefficient (Wildman–Crippen LogP) is 3.02. The third kappa shape index (κ3) is 3.82. The van der Waals surface area contributed by atoms with Gasteiger partial charge in [0.2, 0.25) is 11.8 Å². The van der Waals surface area contributed by atoms with E-state index in [1.165, 1.54) is 17.0 Å². The first-order valence-corrected chi connectivity index (χ1v) is 10.5. The van der Waals surface area contributed by atoms with Gasteiger partial charge >= 0.3 is 6.18 Å². The van der Waals surface area contributed by atoms with Gasteiger partial charge < -0.3 is 10.2 Å². The lowest BCUT2D eigenvalue weighted by Crippen LogP contribution is -2.52. The molecule has 0 radical (unpaired) electrons. The summed E-state index contributed by atoms with van der Waals surface area (Å²) >= 11 is 0. The van der Waals surface area contributed by atoms with Crippen molar-refractivity contribution < 1.29 is 27.6 Å². The molecule has 0 spiro atoms. The van der Waals surface area contributed by atoms with Crippen molar-refractivity contribution in [2.75, 3.05) is 5.32 Å². The van der Waals surface area contributed by atoms with Gasteiger partial charge in [0, 0.05) is 30.5 Å². The number of alkyl halides is 3. The fourth-order valence-corrected chi connectivity index (χ4v) is 4.35. The fourth-order valence-electron chi connectivity index (χ4n) is 4.35. The molecular weight excluding hydrogens is 451 g/mol. The van der Waals surface area contributed by atoms with Crippen LogP contribution in [0.5, 0.6) is 0 Å². The van der Waals surface area contributed by atoms with Crippen LogP contribution >= 0.6 is 0 Å². The highest BCUT2D eigenvalue weighted by Crippen LogP contribution is 2.35. The number of para-hydroxylation sites is 1. The Bertz CT molecular complexity index is 1340. The van der Waals surface area contributed by atoms with Gasteiger partial charge in [0.15, 0.2) is 0 Å². The van der Waals surface area contributed by atoms with E-state index in [-0.39, 0.29) is 54.5 Å². The Hall–Kier alpha value is -4.02. The van der Waals surface area contributed by atoms with Crippen molar-refractivity contribution in [3.63, 3.8) is 0 Å². The lowest BCUT2D eigenvalue weighted by Gasteiger charge is -2.29. The zero-order valence-electron chi connectivity index (χ0n) is 17.6. The molecule has 3 aromatic rings. The highest BCUT2D eigenvalue weighted by molar-refractivity contribution is 6.05. The number of amides is 3. The predicted molar refractivity (Wildman–Crippen MR) is 114 cm³/mol. The first-order valence-electron chi connectivity index (χ1n) is 10.5. The van der Waals surface area contributed by atoms with Gasteiger partial charge in [-0.25, -0.2) is 9.97 Å². The third-order valence-electron chi connectivity index (χ3n) is 6.02. The number of nitrogens with one attached hydrogen (secondary N) is 2. The van der Waals surface area contributed by atoms with Gasteiger partial charge in [-0.05, 0) is 35.7 Å². The Kier molecular flexibility index (Phi) is 5.18. The van der Waals surface area contributed by atoms with Crippen molar-refractivity contribution in [1.82, 2.24) is 20.2 Å². The summed E-state index contributed by atoms with van der Waals surface area (Å²) in [6, 6.07) is 8.37. The molecule has 3 heterocycles. The number of piperidine rings is 1. The third-order valence-corrected chi connectivity index (χ3v) is 6.02. The summed E-state index contributed by atoms with van der Waals surface area (Å²) in [5, 5.41) is 5.53. The molecule has 2 aliphatic heterocycles. The van der Waals surface area contributed by atoms with E-state index in [2.05, 4.69) is 20.6 Å². The summed E-state index contributed by atoms with van der Waals surface area (Å²) < 4.78 is 39.9. The summed E-state index contributed by atoms with van der Waals surface area (Å²) in [7, 11) is 0. The molecule has 2 aliphatic rings. The smallest absolute Gasteiger partial charge is 0.365 e. The number of carbonyl (C=O) groups is 3. The van der Waals surface area contributed by atoms with Crippen LogP contribution in [0.3, 0.4) is 0 Å². The Balaban J connectivity index is 1.35. The number of anilines is 1. The molecule has 5 rings (SSSR count). The number of benzene rings is 2. The molecule has 1 fully saturated rings. The number of rotatable bonds is 4. The van der Waals surface area contributed by atoms with Crippen LogP contribution in [0, 0.1) is 0 Å². The minimum absolute atomic E-state index is 0.175. The first kappa shape index (κ1) is 21.8. The lowest BCUT2D eigenvalue weighted by molar-refractivity contribution is -0.137. The molecule has 3 amide bonds. The average molecular weight is 469 g/mol. The first-order chi connectivity index (χ1) is 16.2.